The third kappa shape index (κ3) is 8.32. The van der Waals surface area contributed by atoms with Crippen molar-refractivity contribution in [3.05, 3.63) is 66.0 Å². The van der Waals surface area contributed by atoms with Crippen molar-refractivity contribution in [3.8, 4) is 0 Å². The number of carboxylic acids is 1. The van der Waals surface area contributed by atoms with Gasteiger partial charge in [0.15, 0.2) is 0 Å². The molecule has 0 amide bonds. The molecule has 1 aromatic carbocycles. The largest absolute Gasteiger partial charge is 0.481 e. The lowest BCUT2D eigenvalue weighted by Gasteiger charge is -2.17. The number of hydrogen-bond donors (Lipinski definition) is 4. The summed E-state index contributed by atoms with van der Waals surface area (Å²) in [6, 6.07) is 11.4. The van der Waals surface area contributed by atoms with Crippen molar-refractivity contribution in [3.63, 3.8) is 0 Å². The van der Waals surface area contributed by atoms with Crippen LogP contribution in [0.5, 0.6) is 0 Å². The number of carbonyl (C=O) groups is 1. The van der Waals surface area contributed by atoms with Gasteiger partial charge in [-0.25, -0.2) is 5.14 Å². The Kier molecular flexibility index (Phi) is 8.56. The number of rotatable bonds is 9. The van der Waals surface area contributed by atoms with E-state index in [9.17, 15) is 13.2 Å². The number of carboxylic acid groups (broad SMARTS) is 1. The number of pyridine rings is 1. The molecule has 1 aliphatic carbocycles. The Morgan fingerprint density at radius 3 is 2.64 bits per heavy atom. The van der Waals surface area contributed by atoms with E-state index in [2.05, 4.69) is 20.0 Å². The van der Waals surface area contributed by atoms with Crippen molar-refractivity contribution in [2.45, 2.75) is 51.0 Å². The number of hydrogen-bond acceptors (Lipinski definition) is 4. The number of unbranched alkanes of at least 4 members (excludes halogenated alkanes) is 1. The lowest BCUT2D eigenvalue weighted by molar-refractivity contribution is -0.137. The zero-order chi connectivity index (χ0) is 23.7. The van der Waals surface area contributed by atoms with Crippen LogP contribution in [0.15, 0.2) is 59.3 Å². The van der Waals surface area contributed by atoms with E-state index in [4.69, 9.17) is 10.2 Å². The van der Waals surface area contributed by atoms with Crippen LogP contribution in [0.25, 0.3) is 5.57 Å². The number of benzene rings is 1. The fourth-order valence-electron chi connectivity index (χ4n) is 3.80. The molecule has 5 N–H and O–H groups in total. The molecule has 1 heterocycles. The minimum atomic E-state index is -4.08. The number of nitrogens with two attached hydrogens (primary N) is 1. The highest BCUT2D eigenvalue weighted by atomic mass is 32.2. The minimum Gasteiger partial charge on any atom is -0.481 e. The first kappa shape index (κ1) is 24.4. The lowest BCUT2D eigenvalue weighted by Crippen LogP contribution is -2.38. The average molecular weight is 472 g/mol. The van der Waals surface area contributed by atoms with Gasteiger partial charge >= 0.3 is 16.2 Å². The first-order chi connectivity index (χ1) is 15.8. The SMILES string of the molecule is NS(=O)(=O)N=C(Nc1cccc(C(=CCCCC(=O)O)c2cccnc2)c1)NC1CCCC1. The predicted molar refractivity (Wildman–Crippen MR) is 129 cm³/mol. The number of anilines is 1. The fourth-order valence-corrected chi connectivity index (χ4v) is 4.15. The molecular formula is C23H29N5O4S. The Balaban J connectivity index is 1.86. The van der Waals surface area contributed by atoms with Gasteiger partial charge in [0.2, 0.25) is 5.96 Å². The molecule has 33 heavy (non-hydrogen) atoms. The summed E-state index contributed by atoms with van der Waals surface area (Å²) in [7, 11) is -4.08. The molecule has 3 rings (SSSR count). The predicted octanol–water partition coefficient (Wildman–Crippen LogP) is 3.27. The van der Waals surface area contributed by atoms with E-state index in [1.54, 1.807) is 12.4 Å². The van der Waals surface area contributed by atoms with Gasteiger partial charge in [0.1, 0.15) is 0 Å². The number of allylic oxidation sites excluding steroid dienone is 1. The van der Waals surface area contributed by atoms with E-state index in [0.717, 1.165) is 42.4 Å². The highest BCUT2D eigenvalue weighted by Crippen LogP contribution is 2.26. The van der Waals surface area contributed by atoms with Gasteiger partial charge in [0.05, 0.1) is 0 Å². The Morgan fingerprint density at radius 1 is 1.21 bits per heavy atom. The molecule has 1 aliphatic rings. The standard InChI is InChI=1S/C23H29N5O4S/c24-33(31,32)28-23(26-19-9-1-2-10-19)27-20-11-5-7-17(15-20)21(12-3-4-13-22(29)30)18-8-6-14-25-16-18/h5-8,11-12,14-16,19H,1-4,9-10,13H2,(H,29,30)(H2,24,31,32)(H2,26,27,28). The maximum atomic E-state index is 11.6. The summed E-state index contributed by atoms with van der Waals surface area (Å²) in [4.78, 5) is 15.0. The Bertz CT molecular complexity index is 1110. The fraction of sp³-hybridized carbons (Fsp3) is 0.348. The molecular weight excluding hydrogens is 442 g/mol. The van der Waals surface area contributed by atoms with Crippen LogP contribution in [0.3, 0.4) is 0 Å². The van der Waals surface area contributed by atoms with E-state index >= 15 is 0 Å². The van der Waals surface area contributed by atoms with E-state index in [1.165, 1.54) is 0 Å². The van der Waals surface area contributed by atoms with Crippen LogP contribution in [0.4, 0.5) is 5.69 Å². The van der Waals surface area contributed by atoms with Gasteiger partial charge in [0.25, 0.3) is 0 Å². The number of nitrogens with zero attached hydrogens (tertiary/aromatic N) is 2. The molecule has 0 unspecified atom stereocenters. The van der Waals surface area contributed by atoms with Crippen molar-refractivity contribution in [1.82, 2.24) is 10.3 Å². The molecule has 0 atom stereocenters. The number of aliphatic carboxylic acids is 1. The van der Waals surface area contributed by atoms with Gasteiger partial charge in [-0.2, -0.15) is 8.42 Å². The number of nitrogens with one attached hydrogen (secondary N) is 2. The molecule has 1 fully saturated rings. The Hall–Kier alpha value is -3.24. The summed E-state index contributed by atoms with van der Waals surface area (Å²) in [6.45, 7) is 0. The zero-order valence-electron chi connectivity index (χ0n) is 18.3. The molecule has 10 heteroatoms. The molecule has 1 aromatic heterocycles. The van der Waals surface area contributed by atoms with Crippen LogP contribution in [0.1, 0.15) is 56.1 Å². The van der Waals surface area contributed by atoms with E-state index in [1.807, 2.05) is 42.5 Å². The van der Waals surface area contributed by atoms with Gasteiger partial charge in [-0.3, -0.25) is 9.78 Å². The quantitative estimate of drug-likeness (QED) is 0.249. The molecule has 2 aromatic rings. The molecule has 9 nitrogen and oxygen atoms in total. The minimum absolute atomic E-state index is 0.0925. The average Bonchev–Trinajstić information content (AvgIpc) is 3.26. The normalized spacial score (nSPS) is 15.4. The van der Waals surface area contributed by atoms with Crippen molar-refractivity contribution in [1.29, 1.82) is 0 Å². The second-order valence-electron chi connectivity index (χ2n) is 7.93. The number of guanidine groups is 1. The molecule has 0 radical (unpaired) electrons. The Labute approximate surface area is 194 Å². The molecule has 176 valence electrons. The first-order valence-electron chi connectivity index (χ1n) is 10.9. The van der Waals surface area contributed by atoms with Crippen LogP contribution < -0.4 is 15.8 Å². The second kappa shape index (κ2) is 11.6. The van der Waals surface area contributed by atoms with Crippen LogP contribution >= 0.6 is 0 Å². The maximum Gasteiger partial charge on any atom is 0.320 e. The van der Waals surface area contributed by atoms with E-state index in [0.29, 0.717) is 18.5 Å². The topological polar surface area (TPSA) is 147 Å². The van der Waals surface area contributed by atoms with E-state index < -0.39 is 16.2 Å². The summed E-state index contributed by atoms with van der Waals surface area (Å²) < 4.78 is 26.9. The van der Waals surface area contributed by atoms with Gasteiger partial charge in [-0.05, 0) is 55.0 Å². The Morgan fingerprint density at radius 2 is 1.97 bits per heavy atom. The van der Waals surface area contributed by atoms with Crippen molar-refractivity contribution in [2.75, 3.05) is 5.32 Å². The zero-order valence-corrected chi connectivity index (χ0v) is 19.1. The highest BCUT2D eigenvalue weighted by molar-refractivity contribution is 7.88. The summed E-state index contributed by atoms with van der Waals surface area (Å²) >= 11 is 0. The molecule has 0 saturated heterocycles. The van der Waals surface area contributed by atoms with Gasteiger partial charge in [0, 0.05) is 36.1 Å². The van der Waals surface area contributed by atoms with Gasteiger partial charge in [-0.1, -0.05) is 37.1 Å². The summed E-state index contributed by atoms with van der Waals surface area (Å²) in [5.41, 5.74) is 3.32. The molecule has 0 aliphatic heterocycles. The lowest BCUT2D eigenvalue weighted by atomic mass is 9.97. The third-order valence-corrected chi connectivity index (χ3v) is 5.70. The van der Waals surface area contributed by atoms with E-state index in [-0.39, 0.29) is 18.4 Å². The second-order valence-corrected chi connectivity index (χ2v) is 9.14. The van der Waals surface area contributed by atoms with Crippen molar-refractivity contribution < 1.29 is 18.3 Å². The van der Waals surface area contributed by atoms with Crippen molar-refractivity contribution >= 4 is 33.4 Å². The smallest absolute Gasteiger partial charge is 0.320 e. The first-order valence-corrected chi connectivity index (χ1v) is 12.4. The monoisotopic (exact) mass is 471 g/mol. The molecule has 0 spiro atoms. The summed E-state index contributed by atoms with van der Waals surface area (Å²) in [5, 5.41) is 20.3. The van der Waals surface area contributed by atoms with Crippen LogP contribution in [0.2, 0.25) is 0 Å². The van der Waals surface area contributed by atoms with Crippen molar-refractivity contribution in [2.24, 2.45) is 9.54 Å². The highest BCUT2D eigenvalue weighted by Gasteiger charge is 2.18. The number of aromatic nitrogens is 1. The third-order valence-electron chi connectivity index (χ3n) is 5.27. The maximum absolute atomic E-state index is 11.6. The van der Waals surface area contributed by atoms with Gasteiger partial charge in [-0.15, -0.1) is 4.40 Å². The van der Waals surface area contributed by atoms with Gasteiger partial charge < -0.3 is 15.7 Å². The van der Waals surface area contributed by atoms with Crippen LogP contribution in [0, 0.1) is 0 Å². The summed E-state index contributed by atoms with van der Waals surface area (Å²) in [5.74, 6) is -0.733. The van der Waals surface area contributed by atoms with Crippen LogP contribution in [-0.2, 0) is 15.0 Å². The molecule has 0 bridgehead atoms. The molecule has 1 saturated carbocycles. The summed E-state index contributed by atoms with van der Waals surface area (Å²) in [6.07, 6.45) is 10.7. The van der Waals surface area contributed by atoms with Crippen LogP contribution in [-0.4, -0.2) is 36.5 Å².